The lowest BCUT2D eigenvalue weighted by Crippen LogP contribution is -2.35. The van der Waals surface area contributed by atoms with Gasteiger partial charge in [0, 0.05) is 106 Å². The number of hydrogen-bond acceptors (Lipinski definition) is 9. The van der Waals surface area contributed by atoms with Crippen LogP contribution < -0.4 is 4.74 Å². The van der Waals surface area contributed by atoms with Crippen molar-refractivity contribution in [2.45, 2.75) is 290 Å². The number of rotatable bonds is 16. The molecule has 12 aromatic carbocycles. The molecule has 5 nitrogen and oxygen atoms in total. The first-order valence-corrected chi connectivity index (χ1v) is 56.2. The van der Waals surface area contributed by atoms with Crippen molar-refractivity contribution < 1.29 is 4.74 Å². The fraction of sp³-hybridized carbons (Fsp3) is 0.348. The zero-order chi connectivity index (χ0) is 99.4. The lowest BCUT2D eigenvalue weighted by atomic mass is 9.53. The summed E-state index contributed by atoms with van der Waals surface area (Å²) in [4.78, 5) is 4.67. The lowest BCUT2D eigenvalue weighted by Gasteiger charge is -2.49. The molecule has 0 spiro atoms. The fourth-order valence-corrected chi connectivity index (χ4v) is 28.9. The largest absolute Gasteiger partial charge is 0.492 e. The molecular formula is C135H128N4OS4. The first-order valence-electron chi connectivity index (χ1n) is 53.1. The smallest absolute Gasteiger partial charge is 0.141 e. The van der Waals surface area contributed by atoms with Crippen LogP contribution in [0, 0.1) is 59.7 Å². The molecule has 4 aromatic heterocycles. The van der Waals surface area contributed by atoms with Gasteiger partial charge in [0.05, 0.1) is 46.1 Å². The van der Waals surface area contributed by atoms with E-state index in [1.54, 1.807) is 11.3 Å². The van der Waals surface area contributed by atoms with Crippen molar-refractivity contribution in [3.05, 3.63) is 411 Å². The van der Waals surface area contributed by atoms with Crippen LogP contribution in [0.5, 0.6) is 5.75 Å². The van der Waals surface area contributed by atoms with E-state index < -0.39 is 0 Å². The van der Waals surface area contributed by atoms with E-state index in [0.29, 0.717) is 6.61 Å². The third-order valence-electron chi connectivity index (χ3n) is 32.9. The van der Waals surface area contributed by atoms with E-state index in [1.165, 1.54) is 252 Å². The standard InChI is InChI=1S/C135H128N4OS4/c1-21-22-23-24-25-26-27-28-29-30-31-40-71-140-129-76(2)82(60-63-98-119-111-87-45-36-38-47-89(87)112(90-48-39-37-46-88(90)111)123(119)100(69-70-130(3,4)5)124-116-94-58-52-79(133(12,13)14)74-104(94)115(122(98)124)93-57-51-80(75-105(93)116)134(15,16)17)125-128(139-143-136-125)101(129)65-64-99-118-110-85-43-34-32-41-83(85)109(84-42-33-35-44-86(84)110)117(118)97(59-53-81-54-66-106(141-81)95-61-62-96(127-126(95)137-144-138-127)107-67-68-108(142-107)135(18,19)20)120-113-91-55-49-78(132(9,10)11)73-103(91)114(121(99)120)92-56-50-77(72-102(92)113)131(6,7)8/h32-39,41-52,54-58,61-62,66-68,72-75,109-116H,21-31,40,71H2,1-20H3/t109?,110?,111?,112?,113-,114+,115-,116+/m0/s1. The molecule has 0 fully saturated rings. The zero-order valence-electron chi connectivity index (χ0n) is 87.3. The minimum Gasteiger partial charge on any atom is -0.492 e. The molecule has 28 rings (SSSR count). The highest BCUT2D eigenvalue weighted by atomic mass is 32.1. The van der Waals surface area contributed by atoms with E-state index in [9.17, 15) is 0 Å². The van der Waals surface area contributed by atoms with Crippen molar-refractivity contribution in [2.75, 3.05) is 6.61 Å². The molecule has 4 heterocycles. The lowest BCUT2D eigenvalue weighted by molar-refractivity contribution is 0.302. The Balaban J connectivity index is 0.750. The Morgan fingerprint density at radius 3 is 0.903 bits per heavy atom. The van der Waals surface area contributed by atoms with E-state index in [-0.39, 0.29) is 79.8 Å². The van der Waals surface area contributed by atoms with E-state index in [0.717, 1.165) is 101 Å². The summed E-state index contributed by atoms with van der Waals surface area (Å²) in [6.07, 6.45) is 14.9. The Bertz CT molecular complexity index is 8240. The Hall–Kier alpha value is -12.3. The number of benzene rings is 12. The predicted octanol–water partition coefficient (Wildman–Crippen LogP) is 34.6. The van der Waals surface area contributed by atoms with Crippen molar-refractivity contribution in [3.63, 3.8) is 0 Å². The summed E-state index contributed by atoms with van der Waals surface area (Å²) >= 11 is 6.16. The second kappa shape index (κ2) is 35.3. The minimum atomic E-state index is -0.300. The Morgan fingerprint density at radius 2 is 0.562 bits per heavy atom. The predicted molar refractivity (Wildman–Crippen MR) is 603 cm³/mol. The molecule has 144 heavy (non-hydrogen) atoms. The van der Waals surface area contributed by atoms with Gasteiger partial charge in [-0.15, -0.1) is 22.7 Å². The molecule has 0 radical (unpaired) electrons. The van der Waals surface area contributed by atoms with Gasteiger partial charge in [-0.2, -0.15) is 17.5 Å². The molecule has 0 amide bonds. The average molecular weight is 1950 g/mol. The van der Waals surface area contributed by atoms with Gasteiger partial charge in [-0.05, 0) is 241 Å². The molecule has 12 aliphatic rings. The van der Waals surface area contributed by atoms with Crippen molar-refractivity contribution in [2.24, 2.45) is 5.41 Å². The maximum atomic E-state index is 7.77. The van der Waals surface area contributed by atoms with E-state index in [4.69, 9.17) is 22.2 Å². The fourth-order valence-electron chi connectivity index (χ4n) is 25.8. The normalized spacial score (nSPS) is 17.9. The number of aromatic nitrogens is 4. The molecule has 12 aliphatic carbocycles. The monoisotopic (exact) mass is 1950 g/mol. The van der Waals surface area contributed by atoms with Gasteiger partial charge in [-0.1, -0.05) is 411 Å². The minimum absolute atomic E-state index is 0.0386. The van der Waals surface area contributed by atoms with Gasteiger partial charge in [0.25, 0.3) is 0 Å². The summed E-state index contributed by atoms with van der Waals surface area (Å²) in [7, 11) is 0. The van der Waals surface area contributed by atoms with Gasteiger partial charge in [0.15, 0.2) is 0 Å². The summed E-state index contributed by atoms with van der Waals surface area (Å²) in [6.45, 7) is 47.2. The SMILES string of the molecule is CCCCCCCCCCCCCCOc1c(C)c(C#Cc2c3c(c(C#CC(C)(C)C)c4c2[C@H]2c5ccc(C(C)(C)C)cc5[C@H]4c4ccc(C(C)(C)C)cc42)C2c4ccccc4C3c3ccccc32)c2nsnc2c1C#Cc1c2c(c(C#Cc3ccc(-c4ccc(-c5ccc(C(C)(C)C)s5)c5nsnc45)s3)c3c1[C@@H]1c4ccc(C(C)(C)C)cc4[C@@H]3c3ccc(C(C)(C)C)cc31)C1c3ccccc3C2c2ccccc21. The van der Waals surface area contributed by atoms with Crippen molar-refractivity contribution in [1.82, 2.24) is 17.5 Å². The molecule has 0 aliphatic heterocycles. The molecular weight excluding hydrogens is 1820 g/mol. The Morgan fingerprint density at radius 1 is 0.271 bits per heavy atom. The van der Waals surface area contributed by atoms with Crippen LogP contribution in [-0.4, -0.2) is 24.1 Å². The van der Waals surface area contributed by atoms with Gasteiger partial charge in [-0.25, -0.2) is 0 Å². The highest BCUT2D eigenvalue weighted by molar-refractivity contribution is 7.16. The van der Waals surface area contributed by atoms with Crippen LogP contribution in [0.3, 0.4) is 0 Å². The van der Waals surface area contributed by atoms with Gasteiger partial charge in [-0.3, -0.25) is 0 Å². The van der Waals surface area contributed by atoms with Crippen LogP contribution in [0.4, 0.5) is 0 Å². The summed E-state index contributed by atoms with van der Waals surface area (Å²) in [5.41, 5.74) is 48.9. The van der Waals surface area contributed by atoms with Crippen LogP contribution in [0.2, 0.25) is 0 Å². The summed E-state index contributed by atoms with van der Waals surface area (Å²) in [6, 6.07) is 81.0. The molecule has 9 heteroatoms. The summed E-state index contributed by atoms with van der Waals surface area (Å²) < 4.78 is 29.0. The Labute approximate surface area is 870 Å². The molecule has 16 aromatic rings. The summed E-state index contributed by atoms with van der Waals surface area (Å²) in [5, 5.41) is 0. The molecule has 0 saturated heterocycles. The van der Waals surface area contributed by atoms with Crippen molar-refractivity contribution in [3.8, 4) is 74.0 Å². The van der Waals surface area contributed by atoms with Crippen LogP contribution >= 0.6 is 46.1 Å². The average Bonchev–Trinajstić information content (AvgIpc) is 0.737. The third-order valence-corrected chi connectivity index (χ3v) is 36.6. The zero-order valence-corrected chi connectivity index (χ0v) is 90.5. The van der Waals surface area contributed by atoms with Gasteiger partial charge in [0.1, 0.15) is 27.8 Å². The first kappa shape index (κ1) is 94.0. The van der Waals surface area contributed by atoms with Crippen LogP contribution in [-0.2, 0) is 27.1 Å². The molecule has 0 unspecified atom stereocenters. The van der Waals surface area contributed by atoms with Crippen LogP contribution in [0.1, 0.15) is 460 Å². The number of nitrogens with zero attached hydrogens (tertiary/aromatic N) is 4. The number of fused-ring (bicyclic) bond motifs is 2. The van der Waals surface area contributed by atoms with Crippen molar-refractivity contribution in [1.29, 1.82) is 0 Å². The Kier molecular flexibility index (Phi) is 23.0. The number of ether oxygens (including phenoxy) is 1. The van der Waals surface area contributed by atoms with Gasteiger partial charge >= 0.3 is 0 Å². The molecule has 8 bridgehead atoms. The molecule has 0 saturated carbocycles. The quantitative estimate of drug-likeness (QED) is 0.0713. The van der Waals surface area contributed by atoms with Gasteiger partial charge < -0.3 is 4.74 Å². The summed E-state index contributed by atoms with van der Waals surface area (Å²) in [5.74, 6) is 33.3. The number of thiophene rings is 2. The first-order chi connectivity index (χ1) is 69.2. The number of unbranched alkanes of at least 4 members (excludes halogenated alkanes) is 11. The van der Waals surface area contributed by atoms with Gasteiger partial charge in [0.2, 0.25) is 0 Å². The second-order valence-corrected chi connectivity index (χ2v) is 51.7. The van der Waals surface area contributed by atoms with Crippen molar-refractivity contribution >= 4 is 68.2 Å². The molecule has 0 N–H and O–H groups in total. The maximum Gasteiger partial charge on any atom is 0.141 e. The highest BCUT2D eigenvalue weighted by Crippen LogP contribution is 2.68. The highest BCUT2D eigenvalue weighted by Gasteiger charge is 2.55. The topological polar surface area (TPSA) is 60.8 Å². The van der Waals surface area contributed by atoms with E-state index in [1.807, 2.05) is 11.3 Å². The van der Waals surface area contributed by atoms with Crippen LogP contribution in [0.25, 0.3) is 42.9 Å². The second-order valence-electron chi connectivity index (χ2n) is 48.5. The molecule has 4 atom stereocenters. The van der Waals surface area contributed by atoms with Crippen LogP contribution in [0.15, 0.2) is 206 Å². The maximum absolute atomic E-state index is 7.77. The number of hydrogen-bond donors (Lipinski definition) is 0. The molecule has 718 valence electrons. The third kappa shape index (κ3) is 15.5. The van der Waals surface area contributed by atoms with E-state index >= 15 is 0 Å². The van der Waals surface area contributed by atoms with E-state index in [2.05, 4.69) is 392 Å².